The first-order valence-corrected chi connectivity index (χ1v) is 8.72. The molecule has 0 aliphatic carbocycles. The second-order valence-corrected chi connectivity index (χ2v) is 6.73. The van der Waals surface area contributed by atoms with Crippen LogP contribution >= 0.6 is 0 Å². The minimum atomic E-state index is -4.85. The van der Waals surface area contributed by atoms with Crippen LogP contribution in [0.3, 0.4) is 0 Å². The molecule has 0 spiro atoms. The van der Waals surface area contributed by atoms with Crippen molar-refractivity contribution in [1.29, 1.82) is 0 Å². The molecule has 0 atom stereocenters. The molecular weight excluding hydrogens is 367 g/mol. The maximum Gasteiger partial charge on any atom is 1.00 e. The van der Waals surface area contributed by atoms with Gasteiger partial charge in [-0.3, -0.25) is 10.1 Å². The minimum Gasteiger partial charge on any atom is -0.744 e. The Kier molecular flexibility index (Phi) is 6.38. The Balaban J connectivity index is 0.00000243. The Morgan fingerprint density at radius 1 is 1.00 bits per heavy atom. The number of benzene rings is 3. The predicted octanol–water partition coefficient (Wildman–Crippen LogP) is 0.268. The van der Waals surface area contributed by atoms with Gasteiger partial charge in [0.15, 0.2) is 0 Å². The molecule has 0 fully saturated rings. The molecule has 0 radical (unpaired) electrons. The normalized spacial score (nSPS) is 11.0. The Hall–Kier alpha value is -1.97. The Bertz CT molecular complexity index is 1060. The third-order valence-corrected chi connectivity index (χ3v) is 4.67. The molecule has 0 heterocycles. The summed E-state index contributed by atoms with van der Waals surface area (Å²) in [6.45, 7) is 0.266. The molecule has 26 heavy (non-hydrogen) atoms. The van der Waals surface area contributed by atoms with E-state index < -0.39 is 25.6 Å². The summed E-state index contributed by atoms with van der Waals surface area (Å²) in [4.78, 5) is 9.42. The van der Waals surface area contributed by atoms with E-state index in [1.54, 1.807) is 0 Å². The Morgan fingerprint density at radius 2 is 1.69 bits per heavy atom. The van der Waals surface area contributed by atoms with Crippen LogP contribution in [-0.4, -0.2) is 17.9 Å². The van der Waals surface area contributed by atoms with Gasteiger partial charge in [0, 0.05) is 18.7 Å². The first-order valence-electron chi connectivity index (χ1n) is 7.31. The number of nitrogens with one attached hydrogen (secondary N) is 1. The van der Waals surface area contributed by atoms with E-state index in [2.05, 4.69) is 5.32 Å². The van der Waals surface area contributed by atoms with E-state index in [0.29, 0.717) is 0 Å². The van der Waals surface area contributed by atoms with Crippen molar-refractivity contribution in [3.05, 3.63) is 76.3 Å². The summed E-state index contributed by atoms with van der Waals surface area (Å²) in [6, 6.07) is 16.6. The molecule has 0 bridgehead atoms. The molecule has 0 saturated heterocycles. The van der Waals surface area contributed by atoms with Crippen molar-refractivity contribution >= 4 is 32.3 Å². The van der Waals surface area contributed by atoms with Crippen LogP contribution in [0.5, 0.6) is 0 Å². The van der Waals surface area contributed by atoms with Crippen LogP contribution in [-0.2, 0) is 16.7 Å². The zero-order chi connectivity index (χ0) is 18.0. The number of rotatable bonds is 5. The molecule has 3 aromatic rings. The first kappa shape index (κ1) is 20.3. The van der Waals surface area contributed by atoms with Crippen LogP contribution in [0.4, 0.5) is 11.4 Å². The maximum absolute atomic E-state index is 11.4. The molecular formula is C17H13N2NaO5S. The van der Waals surface area contributed by atoms with Gasteiger partial charge in [0.1, 0.15) is 10.1 Å². The predicted molar refractivity (Wildman–Crippen MR) is 92.3 cm³/mol. The molecule has 1 N–H and O–H groups in total. The van der Waals surface area contributed by atoms with Crippen LogP contribution in [0.15, 0.2) is 65.6 Å². The summed E-state index contributed by atoms with van der Waals surface area (Å²) in [7, 11) is -4.85. The number of hydrogen-bond acceptors (Lipinski definition) is 6. The number of nitrogens with zero attached hydrogens (tertiary/aromatic N) is 1. The number of fused-ring (bicyclic) bond motifs is 1. The maximum atomic E-state index is 11.4. The smallest absolute Gasteiger partial charge is 0.744 e. The van der Waals surface area contributed by atoms with Gasteiger partial charge in [-0.1, -0.05) is 42.5 Å². The van der Waals surface area contributed by atoms with E-state index in [0.717, 1.165) is 28.5 Å². The fourth-order valence-corrected chi connectivity index (χ4v) is 3.29. The summed E-state index contributed by atoms with van der Waals surface area (Å²) in [6.07, 6.45) is 0. The number of anilines is 1. The van der Waals surface area contributed by atoms with Gasteiger partial charge in [0.25, 0.3) is 5.69 Å². The van der Waals surface area contributed by atoms with Gasteiger partial charge in [-0.15, -0.1) is 0 Å². The van der Waals surface area contributed by atoms with E-state index in [1.807, 2.05) is 42.5 Å². The van der Waals surface area contributed by atoms with Gasteiger partial charge in [-0.25, -0.2) is 8.42 Å². The average Bonchev–Trinajstić information content (AvgIpc) is 2.59. The third kappa shape index (κ3) is 4.40. The second kappa shape index (κ2) is 8.15. The largest absolute Gasteiger partial charge is 1.00 e. The molecule has 0 aromatic heterocycles. The summed E-state index contributed by atoms with van der Waals surface area (Å²) >= 11 is 0. The topological polar surface area (TPSA) is 112 Å². The fraction of sp³-hybridized carbons (Fsp3) is 0.0588. The standard InChI is InChI=1S/C17H14N2O5S.Na/c20-19(21)14-8-9-16(17(10-14)25(22,23)24)18-11-13-6-3-5-12-4-1-2-7-15(12)13;/h1-10,18H,11H2,(H,22,23,24);/q;+1/p-1. The molecule has 0 saturated carbocycles. The van der Waals surface area contributed by atoms with Gasteiger partial charge < -0.3 is 9.87 Å². The Morgan fingerprint density at radius 3 is 2.38 bits per heavy atom. The van der Waals surface area contributed by atoms with E-state index in [4.69, 9.17) is 0 Å². The van der Waals surface area contributed by atoms with E-state index in [1.165, 1.54) is 6.07 Å². The van der Waals surface area contributed by atoms with Crippen LogP contribution in [0.25, 0.3) is 10.8 Å². The molecule has 0 amide bonds. The second-order valence-electron chi connectivity index (χ2n) is 5.38. The van der Waals surface area contributed by atoms with Crippen molar-refractivity contribution in [3.63, 3.8) is 0 Å². The van der Waals surface area contributed by atoms with Gasteiger partial charge >= 0.3 is 29.6 Å². The average molecular weight is 380 g/mol. The van der Waals surface area contributed by atoms with Crippen LogP contribution in [0.2, 0.25) is 0 Å². The number of nitro benzene ring substituents is 1. The molecule has 3 aromatic carbocycles. The molecule has 9 heteroatoms. The van der Waals surface area contributed by atoms with Crippen molar-refractivity contribution in [1.82, 2.24) is 0 Å². The van der Waals surface area contributed by atoms with Crippen LogP contribution in [0, 0.1) is 10.1 Å². The van der Waals surface area contributed by atoms with Gasteiger partial charge in [-0.05, 0) is 22.4 Å². The van der Waals surface area contributed by atoms with E-state index >= 15 is 0 Å². The van der Waals surface area contributed by atoms with Crippen molar-refractivity contribution in [2.24, 2.45) is 0 Å². The van der Waals surface area contributed by atoms with Crippen LogP contribution < -0.4 is 34.9 Å². The molecule has 0 aliphatic rings. The van der Waals surface area contributed by atoms with Crippen molar-refractivity contribution < 1.29 is 47.5 Å². The first-order chi connectivity index (χ1) is 11.9. The van der Waals surface area contributed by atoms with E-state index in [-0.39, 0.29) is 41.8 Å². The summed E-state index contributed by atoms with van der Waals surface area (Å²) in [5.41, 5.74) is 0.490. The zero-order valence-electron chi connectivity index (χ0n) is 13.9. The van der Waals surface area contributed by atoms with Gasteiger partial charge in [-0.2, -0.15) is 0 Å². The van der Waals surface area contributed by atoms with Gasteiger partial charge in [0.05, 0.1) is 15.5 Å². The monoisotopic (exact) mass is 380 g/mol. The number of non-ortho nitro benzene ring substituents is 1. The van der Waals surface area contributed by atoms with Crippen molar-refractivity contribution in [2.45, 2.75) is 11.4 Å². The summed E-state index contributed by atoms with van der Waals surface area (Å²) in [5.74, 6) is 0. The summed E-state index contributed by atoms with van der Waals surface area (Å²) in [5, 5.41) is 15.7. The van der Waals surface area contributed by atoms with E-state index in [9.17, 15) is 23.1 Å². The molecule has 3 rings (SSSR count). The summed E-state index contributed by atoms with van der Waals surface area (Å²) < 4.78 is 34.3. The fourth-order valence-electron chi connectivity index (χ4n) is 2.61. The number of hydrogen-bond donors (Lipinski definition) is 1. The molecule has 7 nitrogen and oxygen atoms in total. The van der Waals surface area contributed by atoms with Crippen molar-refractivity contribution in [2.75, 3.05) is 5.32 Å². The van der Waals surface area contributed by atoms with Crippen LogP contribution in [0.1, 0.15) is 5.56 Å². The number of nitro groups is 1. The minimum absolute atomic E-state index is 0. The Labute approximate surface area is 172 Å². The SMILES string of the molecule is O=[N+]([O-])c1ccc(NCc2cccc3ccccc23)c(S(=O)(=O)[O-])c1.[Na+]. The zero-order valence-corrected chi connectivity index (χ0v) is 16.7. The van der Waals surface area contributed by atoms with Crippen molar-refractivity contribution in [3.8, 4) is 0 Å². The molecule has 0 aliphatic heterocycles. The third-order valence-electron chi connectivity index (χ3n) is 3.79. The van der Waals surface area contributed by atoms with Gasteiger partial charge in [0.2, 0.25) is 0 Å². The molecule has 0 unspecified atom stereocenters. The quantitative estimate of drug-likeness (QED) is 0.294. The molecule has 128 valence electrons.